The molecule has 1 aromatic carbocycles. The SMILES string of the molecule is O=C(O)CSCc1cccc(NC(=O)CC2CCC(C(F)(F)F)CC2)c1. The maximum atomic E-state index is 12.7. The van der Waals surface area contributed by atoms with Gasteiger partial charge in [-0.25, -0.2) is 0 Å². The third kappa shape index (κ3) is 6.90. The van der Waals surface area contributed by atoms with Crippen molar-refractivity contribution in [3.05, 3.63) is 29.8 Å². The molecule has 0 aliphatic heterocycles. The Morgan fingerprint density at radius 1 is 1.19 bits per heavy atom. The minimum atomic E-state index is -4.13. The second kappa shape index (κ2) is 9.30. The van der Waals surface area contributed by atoms with Gasteiger partial charge in [-0.3, -0.25) is 9.59 Å². The molecule has 1 aliphatic rings. The summed E-state index contributed by atoms with van der Waals surface area (Å²) in [6, 6.07) is 7.15. The van der Waals surface area contributed by atoms with Crippen molar-refractivity contribution in [1.29, 1.82) is 0 Å². The summed E-state index contributed by atoms with van der Waals surface area (Å²) in [5.41, 5.74) is 1.52. The summed E-state index contributed by atoms with van der Waals surface area (Å²) in [4.78, 5) is 22.7. The molecule has 1 saturated carbocycles. The first-order chi connectivity index (χ1) is 12.2. The molecular weight excluding hydrogens is 367 g/mol. The van der Waals surface area contributed by atoms with E-state index in [1.807, 2.05) is 6.07 Å². The van der Waals surface area contributed by atoms with Crippen LogP contribution in [0, 0.1) is 11.8 Å². The summed E-state index contributed by atoms with van der Waals surface area (Å²) in [5.74, 6) is -1.78. The lowest BCUT2D eigenvalue weighted by Crippen LogP contribution is -2.29. The van der Waals surface area contributed by atoms with Crippen molar-refractivity contribution < 1.29 is 27.9 Å². The van der Waals surface area contributed by atoms with Gasteiger partial charge in [-0.05, 0) is 49.3 Å². The fourth-order valence-corrected chi connectivity index (χ4v) is 3.86. The van der Waals surface area contributed by atoms with Gasteiger partial charge in [0.05, 0.1) is 11.7 Å². The van der Waals surface area contributed by atoms with Crippen LogP contribution in [0.4, 0.5) is 18.9 Å². The first-order valence-electron chi connectivity index (χ1n) is 8.49. The monoisotopic (exact) mass is 389 g/mol. The largest absolute Gasteiger partial charge is 0.481 e. The normalized spacial score (nSPS) is 20.6. The van der Waals surface area contributed by atoms with Crippen LogP contribution in [0.15, 0.2) is 24.3 Å². The van der Waals surface area contributed by atoms with E-state index in [4.69, 9.17) is 5.11 Å². The molecule has 26 heavy (non-hydrogen) atoms. The van der Waals surface area contributed by atoms with E-state index in [0.717, 1.165) is 5.56 Å². The number of carbonyl (C=O) groups excluding carboxylic acids is 1. The molecule has 0 heterocycles. The third-order valence-corrected chi connectivity index (χ3v) is 5.48. The molecule has 0 atom stereocenters. The number of alkyl halides is 3. The number of anilines is 1. The van der Waals surface area contributed by atoms with E-state index in [1.54, 1.807) is 18.2 Å². The highest BCUT2D eigenvalue weighted by Crippen LogP contribution is 2.40. The molecule has 8 heteroatoms. The topological polar surface area (TPSA) is 66.4 Å². The van der Waals surface area contributed by atoms with Crippen LogP contribution in [0.3, 0.4) is 0 Å². The molecule has 0 bridgehead atoms. The van der Waals surface area contributed by atoms with Crippen LogP contribution in [0.5, 0.6) is 0 Å². The van der Waals surface area contributed by atoms with Crippen molar-refractivity contribution in [1.82, 2.24) is 0 Å². The molecule has 0 saturated heterocycles. The van der Waals surface area contributed by atoms with Gasteiger partial charge in [0.2, 0.25) is 5.91 Å². The Morgan fingerprint density at radius 2 is 1.88 bits per heavy atom. The van der Waals surface area contributed by atoms with E-state index in [1.165, 1.54) is 11.8 Å². The summed E-state index contributed by atoms with van der Waals surface area (Å²) in [6.07, 6.45) is -2.88. The van der Waals surface area contributed by atoms with Crippen LogP contribution in [0.25, 0.3) is 0 Å². The fraction of sp³-hybridized carbons (Fsp3) is 0.556. The van der Waals surface area contributed by atoms with E-state index in [9.17, 15) is 22.8 Å². The molecule has 2 N–H and O–H groups in total. The fourth-order valence-electron chi connectivity index (χ4n) is 3.16. The van der Waals surface area contributed by atoms with Gasteiger partial charge in [0.25, 0.3) is 0 Å². The van der Waals surface area contributed by atoms with Gasteiger partial charge in [-0.1, -0.05) is 12.1 Å². The second-order valence-corrected chi connectivity index (χ2v) is 7.58. The van der Waals surface area contributed by atoms with Crippen LogP contribution in [-0.2, 0) is 15.3 Å². The lowest BCUT2D eigenvalue weighted by Gasteiger charge is -2.29. The van der Waals surface area contributed by atoms with E-state index >= 15 is 0 Å². The molecular formula is C18H22F3NO3S. The highest BCUT2D eigenvalue weighted by Gasteiger charge is 2.41. The molecule has 0 spiro atoms. The number of carboxylic acid groups (broad SMARTS) is 1. The van der Waals surface area contributed by atoms with Crippen molar-refractivity contribution in [3.63, 3.8) is 0 Å². The van der Waals surface area contributed by atoms with Gasteiger partial charge >= 0.3 is 12.1 Å². The van der Waals surface area contributed by atoms with Gasteiger partial charge in [0.15, 0.2) is 0 Å². The van der Waals surface area contributed by atoms with E-state index in [0.29, 0.717) is 24.3 Å². The Bertz CT molecular complexity index is 628. The van der Waals surface area contributed by atoms with Crippen molar-refractivity contribution >= 4 is 29.3 Å². The first kappa shape index (κ1) is 20.6. The molecule has 0 unspecified atom stereocenters. The molecule has 1 amide bonds. The number of thioether (sulfide) groups is 1. The second-order valence-electron chi connectivity index (χ2n) is 6.60. The highest BCUT2D eigenvalue weighted by molar-refractivity contribution is 7.99. The summed E-state index contributed by atoms with van der Waals surface area (Å²) in [6.45, 7) is 0. The minimum absolute atomic E-state index is 0.0111. The number of hydrogen-bond acceptors (Lipinski definition) is 3. The van der Waals surface area contributed by atoms with Crippen LogP contribution in [-0.4, -0.2) is 28.9 Å². The van der Waals surface area contributed by atoms with Crippen molar-refractivity contribution in [3.8, 4) is 0 Å². The van der Waals surface area contributed by atoms with Crippen LogP contribution >= 0.6 is 11.8 Å². The summed E-state index contributed by atoms with van der Waals surface area (Å²) in [5, 5.41) is 11.4. The summed E-state index contributed by atoms with van der Waals surface area (Å²) >= 11 is 1.27. The van der Waals surface area contributed by atoms with E-state index < -0.39 is 18.1 Å². The van der Waals surface area contributed by atoms with Crippen molar-refractivity contribution in [2.24, 2.45) is 11.8 Å². The van der Waals surface area contributed by atoms with Crippen LogP contribution in [0.1, 0.15) is 37.7 Å². The standard InChI is InChI=1S/C18H22F3NO3S/c19-18(20,21)14-6-4-12(5-7-14)9-16(23)22-15-3-1-2-13(8-15)10-26-11-17(24)25/h1-3,8,12,14H,4-7,9-11H2,(H,22,23)(H,24,25). The van der Waals surface area contributed by atoms with E-state index in [-0.39, 0.29) is 36.8 Å². The average molecular weight is 389 g/mol. The number of rotatable bonds is 7. The number of halogens is 3. The van der Waals surface area contributed by atoms with Gasteiger partial charge < -0.3 is 10.4 Å². The molecule has 4 nitrogen and oxygen atoms in total. The maximum Gasteiger partial charge on any atom is 0.391 e. The molecule has 0 aromatic heterocycles. The van der Waals surface area contributed by atoms with Gasteiger partial charge in [-0.15, -0.1) is 11.8 Å². The van der Waals surface area contributed by atoms with E-state index in [2.05, 4.69) is 5.32 Å². The number of carboxylic acids is 1. The quantitative estimate of drug-likeness (QED) is 0.709. The lowest BCUT2D eigenvalue weighted by molar-refractivity contribution is -0.184. The van der Waals surface area contributed by atoms with Crippen LogP contribution in [0.2, 0.25) is 0 Å². The molecule has 0 radical (unpaired) electrons. The van der Waals surface area contributed by atoms with Gasteiger partial charge in [0, 0.05) is 17.9 Å². The molecule has 2 rings (SSSR count). The molecule has 144 valence electrons. The zero-order valence-corrected chi connectivity index (χ0v) is 15.0. The predicted octanol–water partition coefficient (Wildman–Crippen LogP) is 4.70. The molecule has 1 aliphatic carbocycles. The first-order valence-corrected chi connectivity index (χ1v) is 9.64. The number of benzene rings is 1. The number of hydrogen-bond donors (Lipinski definition) is 2. The Morgan fingerprint density at radius 3 is 2.50 bits per heavy atom. The smallest absolute Gasteiger partial charge is 0.391 e. The summed E-state index contributed by atoms with van der Waals surface area (Å²) in [7, 11) is 0. The molecule has 1 fully saturated rings. The Labute approximate surface area is 154 Å². The van der Waals surface area contributed by atoms with Crippen molar-refractivity contribution in [2.45, 2.75) is 44.0 Å². The number of carbonyl (C=O) groups is 2. The zero-order valence-electron chi connectivity index (χ0n) is 14.2. The molecule has 1 aromatic rings. The number of aliphatic carboxylic acids is 1. The predicted molar refractivity (Wildman–Crippen MR) is 95.0 cm³/mol. The number of amides is 1. The third-order valence-electron chi connectivity index (χ3n) is 4.49. The van der Waals surface area contributed by atoms with Crippen LogP contribution < -0.4 is 5.32 Å². The Hall–Kier alpha value is -1.70. The number of nitrogens with one attached hydrogen (secondary N) is 1. The highest BCUT2D eigenvalue weighted by atomic mass is 32.2. The minimum Gasteiger partial charge on any atom is -0.481 e. The Balaban J connectivity index is 1.78. The van der Waals surface area contributed by atoms with Gasteiger partial charge in [0.1, 0.15) is 0 Å². The van der Waals surface area contributed by atoms with Crippen molar-refractivity contribution in [2.75, 3.05) is 11.1 Å². The van der Waals surface area contributed by atoms with Gasteiger partial charge in [-0.2, -0.15) is 13.2 Å². The summed E-state index contributed by atoms with van der Waals surface area (Å²) < 4.78 is 38.0. The Kier molecular flexibility index (Phi) is 7.37. The average Bonchev–Trinajstić information content (AvgIpc) is 2.54. The maximum absolute atomic E-state index is 12.7. The lowest BCUT2D eigenvalue weighted by atomic mass is 9.80. The zero-order chi connectivity index (χ0) is 19.2.